The summed E-state index contributed by atoms with van der Waals surface area (Å²) in [5, 5.41) is 13.5. The molecule has 13 heteroatoms. The zero-order valence-electron chi connectivity index (χ0n) is 19.3. The standard InChI is InChI=1S/C24H21F5N6OS/c25-23(26)36-20-13(1-2-19-17(20)7-15(10-30)33-19)11-35-5-3-14(4-6-35)34-21-18-8-16(9-24(27,28)29)37-22(18)32-12-31-21/h1-2,7-8,12,14,23,33H,3-6,9,11H2,(H,31,32,34). The molecule has 1 fully saturated rings. The van der Waals surface area contributed by atoms with Crippen LogP contribution < -0.4 is 10.1 Å². The van der Waals surface area contributed by atoms with Crippen molar-refractivity contribution in [2.45, 2.75) is 44.6 Å². The monoisotopic (exact) mass is 536 g/mol. The van der Waals surface area contributed by atoms with Gasteiger partial charge in [0, 0.05) is 41.5 Å². The van der Waals surface area contributed by atoms with Crippen molar-refractivity contribution in [2.24, 2.45) is 0 Å². The van der Waals surface area contributed by atoms with Gasteiger partial charge in [-0.2, -0.15) is 27.2 Å². The van der Waals surface area contributed by atoms with Crippen LogP contribution in [0.2, 0.25) is 0 Å². The molecule has 1 aliphatic rings. The van der Waals surface area contributed by atoms with Gasteiger partial charge in [0.1, 0.15) is 34.5 Å². The van der Waals surface area contributed by atoms with Crippen LogP contribution in [0, 0.1) is 11.3 Å². The number of benzene rings is 1. The third-order valence-corrected chi connectivity index (χ3v) is 7.28. The number of hydrogen-bond donors (Lipinski definition) is 2. The van der Waals surface area contributed by atoms with Crippen molar-refractivity contribution < 1.29 is 26.7 Å². The highest BCUT2D eigenvalue weighted by Gasteiger charge is 2.29. The van der Waals surface area contributed by atoms with Crippen molar-refractivity contribution in [2.75, 3.05) is 18.4 Å². The number of nitrogens with one attached hydrogen (secondary N) is 2. The summed E-state index contributed by atoms with van der Waals surface area (Å²) in [6.45, 7) is -1.28. The van der Waals surface area contributed by atoms with Gasteiger partial charge in [-0.15, -0.1) is 11.3 Å². The van der Waals surface area contributed by atoms with Crippen molar-refractivity contribution in [1.82, 2.24) is 19.9 Å². The number of aromatic amines is 1. The molecular weight excluding hydrogens is 515 g/mol. The first-order chi connectivity index (χ1) is 17.7. The predicted molar refractivity (Wildman–Crippen MR) is 129 cm³/mol. The number of H-pyrrole nitrogens is 1. The Morgan fingerprint density at radius 2 is 1.97 bits per heavy atom. The molecule has 0 bridgehead atoms. The number of hydrogen-bond acceptors (Lipinski definition) is 7. The molecule has 4 heterocycles. The van der Waals surface area contributed by atoms with Crippen LogP contribution in [0.25, 0.3) is 21.1 Å². The van der Waals surface area contributed by atoms with Crippen LogP contribution >= 0.6 is 11.3 Å². The predicted octanol–water partition coefficient (Wildman–Crippen LogP) is 5.83. The molecular formula is C24H21F5N6OS. The third-order valence-electron chi connectivity index (χ3n) is 6.24. The van der Waals surface area contributed by atoms with E-state index in [9.17, 15) is 22.0 Å². The number of nitrogens with zero attached hydrogens (tertiary/aromatic N) is 4. The second-order valence-corrected chi connectivity index (χ2v) is 9.94. The van der Waals surface area contributed by atoms with E-state index in [1.165, 1.54) is 18.5 Å². The zero-order valence-corrected chi connectivity index (χ0v) is 20.1. The number of aromatic nitrogens is 3. The molecule has 1 saturated heterocycles. The molecule has 0 unspecified atom stereocenters. The summed E-state index contributed by atoms with van der Waals surface area (Å²) < 4.78 is 69.6. The van der Waals surface area contributed by atoms with Crippen LogP contribution in [-0.2, 0) is 13.0 Å². The first-order valence-electron chi connectivity index (χ1n) is 11.5. The van der Waals surface area contributed by atoms with Crippen molar-refractivity contribution in [3.63, 3.8) is 0 Å². The van der Waals surface area contributed by atoms with E-state index in [1.807, 2.05) is 6.07 Å². The van der Waals surface area contributed by atoms with E-state index in [-0.39, 0.29) is 22.4 Å². The maximum Gasteiger partial charge on any atom is 0.393 e. The number of piperidine rings is 1. The Labute approximate surface area is 211 Å². The van der Waals surface area contributed by atoms with Gasteiger partial charge in [0.05, 0.1) is 17.3 Å². The van der Waals surface area contributed by atoms with Gasteiger partial charge < -0.3 is 15.0 Å². The molecule has 194 valence electrons. The minimum Gasteiger partial charge on any atom is -0.434 e. The largest absolute Gasteiger partial charge is 0.434 e. The topological polar surface area (TPSA) is 89.9 Å². The Balaban J connectivity index is 1.26. The van der Waals surface area contributed by atoms with E-state index in [2.05, 4.69) is 25.2 Å². The number of thiophene rings is 1. The molecule has 4 aromatic rings. The summed E-state index contributed by atoms with van der Waals surface area (Å²) >= 11 is 1.01. The molecule has 7 nitrogen and oxygen atoms in total. The smallest absolute Gasteiger partial charge is 0.393 e. The molecule has 3 aromatic heterocycles. The fraction of sp³-hybridized carbons (Fsp3) is 0.375. The second-order valence-electron chi connectivity index (χ2n) is 8.83. The molecule has 1 aliphatic heterocycles. The number of alkyl halides is 5. The van der Waals surface area contributed by atoms with E-state index in [0.29, 0.717) is 52.1 Å². The summed E-state index contributed by atoms with van der Waals surface area (Å²) in [6.07, 6.45) is -2.51. The lowest BCUT2D eigenvalue weighted by atomic mass is 10.0. The van der Waals surface area contributed by atoms with E-state index in [0.717, 1.165) is 24.2 Å². The van der Waals surface area contributed by atoms with Crippen molar-refractivity contribution in [3.8, 4) is 11.8 Å². The normalized spacial score (nSPS) is 15.5. The number of fused-ring (bicyclic) bond motifs is 2. The van der Waals surface area contributed by atoms with Gasteiger partial charge >= 0.3 is 12.8 Å². The quantitative estimate of drug-likeness (QED) is 0.289. The maximum absolute atomic E-state index is 13.2. The Kier molecular flexibility index (Phi) is 6.87. The van der Waals surface area contributed by atoms with Gasteiger partial charge in [0.2, 0.25) is 0 Å². The van der Waals surface area contributed by atoms with Gasteiger partial charge in [-0.05, 0) is 31.0 Å². The first kappa shape index (κ1) is 25.2. The molecule has 0 radical (unpaired) electrons. The third kappa shape index (κ3) is 5.75. The van der Waals surface area contributed by atoms with Crippen LogP contribution in [0.5, 0.6) is 5.75 Å². The number of anilines is 1. The van der Waals surface area contributed by atoms with E-state index >= 15 is 0 Å². The zero-order chi connectivity index (χ0) is 26.2. The van der Waals surface area contributed by atoms with Crippen LogP contribution in [0.15, 0.2) is 30.6 Å². The Hall–Kier alpha value is -3.50. The molecule has 0 atom stereocenters. The van der Waals surface area contributed by atoms with Crippen molar-refractivity contribution in [3.05, 3.63) is 46.7 Å². The summed E-state index contributed by atoms with van der Waals surface area (Å²) in [4.78, 5) is 14.0. The molecule has 37 heavy (non-hydrogen) atoms. The lowest BCUT2D eigenvalue weighted by molar-refractivity contribution is -0.126. The molecule has 0 amide bonds. The van der Waals surface area contributed by atoms with Gasteiger partial charge in [-0.25, -0.2) is 9.97 Å². The SMILES string of the molecule is N#Cc1cc2c(OC(F)F)c(CN3CCC(Nc4ncnc5sc(CC(F)(F)F)cc45)CC3)ccc2[nH]1. The lowest BCUT2D eigenvalue weighted by Gasteiger charge is -2.33. The summed E-state index contributed by atoms with van der Waals surface area (Å²) in [5.41, 5.74) is 1.39. The lowest BCUT2D eigenvalue weighted by Crippen LogP contribution is -2.38. The van der Waals surface area contributed by atoms with Crippen molar-refractivity contribution >= 4 is 38.3 Å². The van der Waals surface area contributed by atoms with Crippen LogP contribution in [0.4, 0.5) is 27.8 Å². The summed E-state index contributed by atoms with van der Waals surface area (Å²) in [6, 6.07) is 8.46. The average Bonchev–Trinajstić information content (AvgIpc) is 3.44. The molecule has 1 aromatic carbocycles. The highest BCUT2D eigenvalue weighted by Crippen LogP contribution is 2.35. The fourth-order valence-corrected chi connectivity index (χ4v) is 5.64. The van der Waals surface area contributed by atoms with E-state index in [4.69, 9.17) is 10.00 Å². The average molecular weight is 537 g/mol. The maximum atomic E-state index is 13.2. The van der Waals surface area contributed by atoms with Gasteiger partial charge in [0.25, 0.3) is 0 Å². The minimum absolute atomic E-state index is 0.0439. The van der Waals surface area contributed by atoms with E-state index < -0.39 is 19.2 Å². The highest BCUT2D eigenvalue weighted by atomic mass is 32.1. The van der Waals surface area contributed by atoms with Crippen LogP contribution in [0.3, 0.4) is 0 Å². The summed E-state index contributed by atoms with van der Waals surface area (Å²) in [5.74, 6) is 0.563. The summed E-state index contributed by atoms with van der Waals surface area (Å²) in [7, 11) is 0. The van der Waals surface area contributed by atoms with Crippen LogP contribution in [-0.4, -0.2) is 51.8 Å². The molecule has 2 N–H and O–H groups in total. The fourth-order valence-electron chi connectivity index (χ4n) is 4.61. The second kappa shape index (κ2) is 10.1. The minimum atomic E-state index is -4.29. The number of ether oxygens (including phenoxy) is 1. The molecule has 0 saturated carbocycles. The number of nitriles is 1. The number of rotatable bonds is 7. The van der Waals surface area contributed by atoms with Crippen LogP contribution in [0.1, 0.15) is 29.0 Å². The Bertz CT molecular complexity index is 1450. The highest BCUT2D eigenvalue weighted by molar-refractivity contribution is 7.18. The van der Waals surface area contributed by atoms with Gasteiger partial charge in [-0.3, -0.25) is 4.90 Å². The molecule has 0 spiro atoms. The Morgan fingerprint density at radius 3 is 2.68 bits per heavy atom. The Morgan fingerprint density at radius 1 is 1.19 bits per heavy atom. The number of halogens is 5. The van der Waals surface area contributed by atoms with Gasteiger partial charge in [-0.1, -0.05) is 6.07 Å². The van der Waals surface area contributed by atoms with Crippen molar-refractivity contribution in [1.29, 1.82) is 5.26 Å². The van der Waals surface area contributed by atoms with Gasteiger partial charge in [0.15, 0.2) is 0 Å². The number of likely N-dealkylation sites (tertiary alicyclic amines) is 1. The van der Waals surface area contributed by atoms with E-state index in [1.54, 1.807) is 12.1 Å². The first-order valence-corrected chi connectivity index (χ1v) is 12.3. The molecule has 0 aliphatic carbocycles. The molecule has 5 rings (SSSR count).